The van der Waals surface area contributed by atoms with Gasteiger partial charge in [0.05, 0.1) is 5.71 Å². The van der Waals surface area contributed by atoms with Crippen molar-refractivity contribution in [2.75, 3.05) is 0 Å². The Morgan fingerprint density at radius 3 is 2.54 bits per heavy atom. The molecule has 2 aliphatic rings. The fourth-order valence-electron chi connectivity index (χ4n) is 3.53. The second kappa shape index (κ2) is 7.33. The monoisotopic (exact) mass is 326 g/mol. The molecule has 1 aliphatic carbocycles. The van der Waals surface area contributed by atoms with E-state index in [1.54, 1.807) is 0 Å². The average molecular weight is 326 g/mol. The number of carbonyl (C=O) groups is 1. The van der Waals surface area contributed by atoms with Crippen molar-refractivity contribution in [1.29, 1.82) is 0 Å². The fourth-order valence-corrected chi connectivity index (χ4v) is 3.53. The Balaban J connectivity index is 0.00000100. The van der Waals surface area contributed by atoms with Crippen LogP contribution in [0, 0.1) is 12.8 Å². The van der Waals surface area contributed by atoms with Gasteiger partial charge in [0, 0.05) is 17.8 Å². The number of aryl methyl sites for hydroxylation is 1. The van der Waals surface area contributed by atoms with Crippen LogP contribution in [0.25, 0.3) is 0 Å². The molecule has 3 rings (SSSR count). The summed E-state index contributed by atoms with van der Waals surface area (Å²) in [6.07, 6.45) is 5.99. The lowest BCUT2D eigenvalue weighted by molar-refractivity contribution is -0.121. The molecule has 1 unspecified atom stereocenters. The largest absolute Gasteiger partial charge is 0.273 e. The summed E-state index contributed by atoms with van der Waals surface area (Å²) in [4.78, 5) is 11.5. The van der Waals surface area contributed by atoms with Gasteiger partial charge in [0.1, 0.15) is 0 Å². The highest BCUT2D eigenvalue weighted by atomic mass is 16.2. The molecule has 130 valence electrons. The number of hydrazone groups is 1. The van der Waals surface area contributed by atoms with E-state index in [9.17, 15) is 4.79 Å². The number of hydrogen-bond donors (Lipinski definition) is 1. The number of allylic oxidation sites excluding steroid dienone is 1. The fraction of sp³-hybridized carbons (Fsp3) is 0.524. The Morgan fingerprint density at radius 1 is 1.38 bits per heavy atom. The van der Waals surface area contributed by atoms with E-state index in [4.69, 9.17) is 0 Å². The van der Waals surface area contributed by atoms with Crippen LogP contribution < -0.4 is 5.43 Å². The van der Waals surface area contributed by atoms with Crippen LogP contribution in [-0.2, 0) is 16.6 Å². The number of carbonyl (C=O) groups excluding carboxylic acids is 1. The van der Waals surface area contributed by atoms with E-state index in [2.05, 4.69) is 56.1 Å². The molecule has 1 fully saturated rings. The summed E-state index contributed by atoms with van der Waals surface area (Å²) in [7, 11) is 0. The molecule has 1 heterocycles. The van der Waals surface area contributed by atoms with E-state index in [0.717, 1.165) is 17.7 Å². The quantitative estimate of drug-likeness (QED) is 0.803. The normalized spacial score (nSPS) is 21.1. The zero-order chi connectivity index (χ0) is 17.9. The first kappa shape index (κ1) is 18.4. The lowest BCUT2D eigenvalue weighted by Gasteiger charge is -2.23. The third kappa shape index (κ3) is 3.31. The maximum absolute atomic E-state index is 11.5. The molecule has 1 N–H and O–H groups in total. The lowest BCUT2D eigenvalue weighted by Crippen LogP contribution is -2.32. The highest BCUT2D eigenvalue weighted by Gasteiger charge is 2.42. The van der Waals surface area contributed by atoms with Crippen LogP contribution in [0.1, 0.15) is 69.2 Å². The summed E-state index contributed by atoms with van der Waals surface area (Å²) in [5.74, 6) is 0.164. The number of hydrogen-bond acceptors (Lipinski definition) is 2. The zero-order valence-corrected chi connectivity index (χ0v) is 15.7. The van der Waals surface area contributed by atoms with Gasteiger partial charge in [-0.25, -0.2) is 5.43 Å². The van der Waals surface area contributed by atoms with Crippen molar-refractivity contribution in [1.82, 2.24) is 5.43 Å². The van der Waals surface area contributed by atoms with Crippen molar-refractivity contribution in [3.8, 4) is 0 Å². The molecule has 0 aromatic heterocycles. The summed E-state index contributed by atoms with van der Waals surface area (Å²) in [6, 6.07) is 4.51. The first-order valence-corrected chi connectivity index (χ1v) is 9.15. The van der Waals surface area contributed by atoms with Crippen molar-refractivity contribution >= 4 is 11.6 Å². The molecule has 0 bridgehead atoms. The van der Waals surface area contributed by atoms with Crippen LogP contribution in [0.15, 0.2) is 29.9 Å². The number of nitrogens with zero attached hydrogens (tertiary/aromatic N) is 1. The zero-order valence-electron chi connectivity index (χ0n) is 15.7. The SMILES string of the molecule is C=CC1(c2cc(C3=NNC(=O)CC3C)cc(CC)c2C)CC1.CC. The van der Waals surface area contributed by atoms with Gasteiger partial charge < -0.3 is 0 Å². The first-order chi connectivity index (χ1) is 11.5. The van der Waals surface area contributed by atoms with Crippen molar-refractivity contribution in [3.63, 3.8) is 0 Å². The number of rotatable bonds is 4. The molecule has 3 heteroatoms. The number of amides is 1. The summed E-state index contributed by atoms with van der Waals surface area (Å²) in [5, 5.41) is 4.33. The van der Waals surface area contributed by atoms with Crippen LogP contribution in [-0.4, -0.2) is 11.6 Å². The molecular formula is C21H30N2O. The third-order valence-electron chi connectivity index (χ3n) is 5.17. The van der Waals surface area contributed by atoms with Gasteiger partial charge in [-0.2, -0.15) is 5.10 Å². The number of nitrogens with one attached hydrogen (secondary N) is 1. The highest BCUT2D eigenvalue weighted by Crippen LogP contribution is 2.51. The molecule has 1 amide bonds. The summed E-state index contributed by atoms with van der Waals surface area (Å²) in [6.45, 7) is 14.5. The van der Waals surface area contributed by atoms with Crippen LogP contribution in [0.2, 0.25) is 0 Å². The smallest absolute Gasteiger partial charge is 0.240 e. The van der Waals surface area contributed by atoms with Gasteiger partial charge in [-0.15, -0.1) is 6.58 Å². The van der Waals surface area contributed by atoms with Gasteiger partial charge in [0.25, 0.3) is 0 Å². The molecule has 1 atom stereocenters. The van der Waals surface area contributed by atoms with Crippen molar-refractivity contribution in [2.45, 2.75) is 65.7 Å². The van der Waals surface area contributed by atoms with Gasteiger partial charge in [-0.1, -0.05) is 33.8 Å². The van der Waals surface area contributed by atoms with E-state index < -0.39 is 0 Å². The van der Waals surface area contributed by atoms with E-state index in [1.807, 2.05) is 13.8 Å². The van der Waals surface area contributed by atoms with Crippen molar-refractivity contribution in [2.24, 2.45) is 11.0 Å². The molecule has 0 radical (unpaired) electrons. The van der Waals surface area contributed by atoms with Crippen molar-refractivity contribution < 1.29 is 4.79 Å². The summed E-state index contributed by atoms with van der Waals surface area (Å²) >= 11 is 0. The minimum atomic E-state index is 0.00375. The molecule has 1 aromatic rings. The van der Waals surface area contributed by atoms with E-state index in [-0.39, 0.29) is 17.2 Å². The Labute approximate surface area is 146 Å². The predicted octanol–water partition coefficient (Wildman–Crippen LogP) is 4.66. The van der Waals surface area contributed by atoms with Crippen LogP contribution in [0.5, 0.6) is 0 Å². The Morgan fingerprint density at radius 2 is 2.04 bits per heavy atom. The van der Waals surface area contributed by atoms with Crippen molar-refractivity contribution in [3.05, 3.63) is 47.0 Å². The second-order valence-corrected chi connectivity index (χ2v) is 6.66. The summed E-state index contributed by atoms with van der Waals surface area (Å²) < 4.78 is 0. The Kier molecular flexibility index (Phi) is 5.63. The predicted molar refractivity (Wildman–Crippen MR) is 101 cm³/mol. The van der Waals surface area contributed by atoms with Crippen LogP contribution in [0.4, 0.5) is 0 Å². The molecule has 0 saturated heterocycles. The highest BCUT2D eigenvalue weighted by molar-refractivity contribution is 6.06. The van der Waals surface area contributed by atoms with Gasteiger partial charge in [0.2, 0.25) is 5.91 Å². The molecule has 1 saturated carbocycles. The average Bonchev–Trinajstić information content (AvgIpc) is 3.38. The maximum Gasteiger partial charge on any atom is 0.240 e. The van der Waals surface area contributed by atoms with Gasteiger partial charge in [-0.3, -0.25) is 4.79 Å². The lowest BCUT2D eigenvalue weighted by atomic mass is 9.84. The molecular weight excluding hydrogens is 296 g/mol. The van der Waals surface area contributed by atoms with Gasteiger partial charge in [0.15, 0.2) is 0 Å². The van der Waals surface area contributed by atoms with Crippen LogP contribution in [0.3, 0.4) is 0 Å². The minimum Gasteiger partial charge on any atom is -0.273 e. The molecule has 3 nitrogen and oxygen atoms in total. The third-order valence-corrected chi connectivity index (χ3v) is 5.17. The molecule has 24 heavy (non-hydrogen) atoms. The molecule has 1 aromatic carbocycles. The van der Waals surface area contributed by atoms with Gasteiger partial charge >= 0.3 is 0 Å². The number of benzene rings is 1. The molecule has 0 spiro atoms. The van der Waals surface area contributed by atoms with E-state index in [1.165, 1.54) is 29.5 Å². The minimum absolute atomic E-state index is 0.00375. The Hall–Kier alpha value is -1.90. The van der Waals surface area contributed by atoms with Gasteiger partial charge in [-0.05, 0) is 60.6 Å². The molecule has 1 aliphatic heterocycles. The summed E-state index contributed by atoms with van der Waals surface area (Å²) in [5.41, 5.74) is 9.08. The second-order valence-electron chi connectivity index (χ2n) is 6.66. The Bertz CT molecular complexity index is 669. The first-order valence-electron chi connectivity index (χ1n) is 9.15. The maximum atomic E-state index is 11.5. The topological polar surface area (TPSA) is 41.5 Å². The standard InChI is InChI=1S/C19H24N2O.C2H6/c1-5-14-10-15(18-12(3)9-17(22)20-21-18)11-16(13(14)4)19(6-2)7-8-19;1-2/h6,10-12H,2,5,7-9H2,1,3-4H3,(H,20,22);1-2H3. The van der Waals surface area contributed by atoms with E-state index in [0.29, 0.717) is 6.42 Å². The van der Waals surface area contributed by atoms with E-state index >= 15 is 0 Å². The van der Waals surface area contributed by atoms with Crippen LogP contribution >= 0.6 is 0 Å².